The molecule has 1 atom stereocenters. The maximum absolute atomic E-state index is 12.9. The van der Waals surface area contributed by atoms with Gasteiger partial charge in [0.05, 0.1) is 0 Å². The first-order valence-corrected chi connectivity index (χ1v) is 32.8. The van der Waals surface area contributed by atoms with Crippen molar-refractivity contribution in [2.24, 2.45) is 0 Å². The molecule has 0 aromatic heterocycles. The Morgan fingerprint density at radius 3 is 0.812 bits per heavy atom. The van der Waals surface area contributed by atoms with Crippen LogP contribution in [0.2, 0.25) is 0 Å². The number of allylic oxidation sites excluding steroid dienone is 24. The van der Waals surface area contributed by atoms with Gasteiger partial charge in [-0.3, -0.25) is 14.4 Å². The van der Waals surface area contributed by atoms with E-state index in [-0.39, 0.29) is 31.1 Å². The van der Waals surface area contributed by atoms with Gasteiger partial charge in [0, 0.05) is 19.3 Å². The van der Waals surface area contributed by atoms with Crippen molar-refractivity contribution in [3.8, 4) is 0 Å². The Kier molecular flexibility index (Phi) is 62.9. The quantitative estimate of drug-likeness (QED) is 0.0261. The molecule has 0 radical (unpaired) electrons. The highest BCUT2D eigenvalue weighted by Crippen LogP contribution is 2.15. The number of carbonyl (C=O) groups excluding carboxylic acids is 3. The molecule has 0 heterocycles. The van der Waals surface area contributed by atoms with Gasteiger partial charge < -0.3 is 14.2 Å². The zero-order chi connectivity index (χ0) is 57.8. The van der Waals surface area contributed by atoms with E-state index in [1.165, 1.54) is 77.0 Å². The van der Waals surface area contributed by atoms with Crippen LogP contribution in [-0.2, 0) is 28.6 Å². The van der Waals surface area contributed by atoms with Crippen LogP contribution in [0.25, 0.3) is 0 Å². The van der Waals surface area contributed by atoms with Crippen molar-refractivity contribution in [2.75, 3.05) is 13.2 Å². The fourth-order valence-corrected chi connectivity index (χ4v) is 8.64. The first kappa shape index (κ1) is 75.3. The van der Waals surface area contributed by atoms with Gasteiger partial charge in [-0.2, -0.15) is 0 Å². The molecule has 0 fully saturated rings. The predicted molar refractivity (Wildman–Crippen MR) is 348 cm³/mol. The van der Waals surface area contributed by atoms with E-state index in [0.717, 1.165) is 167 Å². The second-order valence-electron chi connectivity index (χ2n) is 21.3. The highest BCUT2D eigenvalue weighted by molar-refractivity contribution is 5.71. The Bertz CT molecular complexity index is 1750. The zero-order valence-corrected chi connectivity index (χ0v) is 51.8. The van der Waals surface area contributed by atoms with Crippen LogP contribution in [0.1, 0.15) is 284 Å². The summed E-state index contributed by atoms with van der Waals surface area (Å²) in [5, 5.41) is 0. The molecule has 0 amide bonds. The summed E-state index contributed by atoms with van der Waals surface area (Å²) >= 11 is 0. The summed E-state index contributed by atoms with van der Waals surface area (Å²) in [5.41, 5.74) is 0. The SMILES string of the molecule is CC/C=C\C/C=C\C/C=C\C/C=C\C/C=C\C/C=C\C/C=C\C/C=C\CCCCCCCCC(=O)OCC(COC(=O)CCCCCCC/C=C\C/C=C\CCC)OC(=O)CCCCCCCCC/C=C\C/C=C\CCCCCC. The van der Waals surface area contributed by atoms with Crippen LogP contribution in [0.5, 0.6) is 0 Å². The fraction of sp³-hybridized carbons (Fsp3) is 0.635. The lowest BCUT2D eigenvalue weighted by Gasteiger charge is -2.18. The number of carbonyl (C=O) groups is 3. The van der Waals surface area contributed by atoms with E-state index in [4.69, 9.17) is 14.2 Å². The molecule has 0 aliphatic carbocycles. The first-order valence-electron chi connectivity index (χ1n) is 32.8. The third kappa shape index (κ3) is 64.1. The molecule has 0 aliphatic rings. The molecule has 6 nitrogen and oxygen atoms in total. The van der Waals surface area contributed by atoms with Crippen LogP contribution < -0.4 is 0 Å². The summed E-state index contributed by atoms with van der Waals surface area (Å²) < 4.78 is 16.9. The maximum Gasteiger partial charge on any atom is 0.306 e. The molecule has 0 aromatic rings. The van der Waals surface area contributed by atoms with E-state index in [1.54, 1.807) is 0 Å². The Morgan fingerprint density at radius 2 is 0.512 bits per heavy atom. The summed E-state index contributed by atoms with van der Waals surface area (Å²) in [6.07, 6.45) is 95.6. The minimum Gasteiger partial charge on any atom is -0.462 e. The number of ether oxygens (including phenoxy) is 3. The van der Waals surface area contributed by atoms with E-state index in [9.17, 15) is 14.4 Å². The van der Waals surface area contributed by atoms with E-state index >= 15 is 0 Å². The lowest BCUT2D eigenvalue weighted by atomic mass is 10.1. The minimum atomic E-state index is -0.801. The second-order valence-corrected chi connectivity index (χ2v) is 21.3. The highest BCUT2D eigenvalue weighted by Gasteiger charge is 2.19. The van der Waals surface area contributed by atoms with Crippen LogP contribution in [0.3, 0.4) is 0 Å². The lowest BCUT2D eigenvalue weighted by molar-refractivity contribution is -0.167. The van der Waals surface area contributed by atoms with Crippen molar-refractivity contribution in [3.63, 3.8) is 0 Å². The second kappa shape index (κ2) is 66.8. The van der Waals surface area contributed by atoms with Gasteiger partial charge in [0.2, 0.25) is 0 Å². The van der Waals surface area contributed by atoms with Crippen molar-refractivity contribution in [3.05, 3.63) is 146 Å². The smallest absolute Gasteiger partial charge is 0.306 e. The van der Waals surface area contributed by atoms with Gasteiger partial charge in [-0.1, -0.05) is 269 Å². The van der Waals surface area contributed by atoms with E-state index in [2.05, 4.69) is 167 Å². The van der Waals surface area contributed by atoms with Crippen LogP contribution in [0.4, 0.5) is 0 Å². The largest absolute Gasteiger partial charge is 0.462 e. The van der Waals surface area contributed by atoms with Gasteiger partial charge in [0.15, 0.2) is 6.10 Å². The standard InChI is InChI=1S/C74H120O6/c1-4-7-10-13-16-19-22-25-27-29-31-32-33-34-35-36-37-38-39-40-41-42-43-45-46-49-52-55-58-61-64-67-73(76)79-70-71(69-78-72(75)66-63-60-57-54-51-48-24-21-18-15-12-9-6-3)80-74(77)68-65-62-59-56-53-50-47-44-30-28-26-23-20-17-14-11-8-5-2/h7,10,12,15-16,19-21,23-25,27-28,30-32,34-35,37-38,40-41,43,45,71H,4-6,8-9,11,13-14,17-18,22,26,29,33,36,39,42,44,46-70H2,1-3H3/b10-7-,15-12-,19-16-,23-20-,24-21-,27-25-,30-28-,32-31-,35-34-,38-37-,41-40-,45-43-. The molecule has 0 rings (SSSR count). The molecular formula is C74H120O6. The van der Waals surface area contributed by atoms with Crippen molar-refractivity contribution >= 4 is 17.9 Å². The summed E-state index contributed by atoms with van der Waals surface area (Å²) in [4.78, 5) is 38.3. The molecule has 0 saturated carbocycles. The minimum absolute atomic E-state index is 0.0974. The summed E-state index contributed by atoms with van der Waals surface area (Å²) in [6, 6.07) is 0. The zero-order valence-electron chi connectivity index (χ0n) is 51.8. The third-order valence-electron chi connectivity index (χ3n) is 13.5. The molecule has 452 valence electrons. The molecule has 0 aliphatic heterocycles. The molecule has 6 heteroatoms. The molecule has 0 aromatic carbocycles. The topological polar surface area (TPSA) is 78.9 Å². The average Bonchev–Trinajstić information content (AvgIpc) is 3.46. The Labute approximate surface area is 493 Å². The number of esters is 3. The Morgan fingerprint density at radius 1 is 0.263 bits per heavy atom. The van der Waals surface area contributed by atoms with Gasteiger partial charge >= 0.3 is 17.9 Å². The van der Waals surface area contributed by atoms with Crippen molar-refractivity contribution in [1.29, 1.82) is 0 Å². The van der Waals surface area contributed by atoms with Crippen LogP contribution in [-0.4, -0.2) is 37.2 Å². The maximum atomic E-state index is 12.9. The van der Waals surface area contributed by atoms with Crippen molar-refractivity contribution < 1.29 is 28.6 Å². The summed E-state index contributed by atoms with van der Waals surface area (Å²) in [6.45, 7) is 6.42. The molecule has 0 saturated heterocycles. The lowest BCUT2D eigenvalue weighted by Crippen LogP contribution is -2.30. The van der Waals surface area contributed by atoms with Crippen LogP contribution in [0, 0.1) is 0 Å². The predicted octanol–water partition coefficient (Wildman–Crippen LogP) is 22.7. The molecule has 0 spiro atoms. The number of hydrogen-bond donors (Lipinski definition) is 0. The number of rotatable bonds is 58. The number of hydrogen-bond acceptors (Lipinski definition) is 6. The van der Waals surface area contributed by atoms with Gasteiger partial charge in [-0.05, 0) is 141 Å². The normalized spacial score (nSPS) is 13.1. The molecule has 1 unspecified atom stereocenters. The molecule has 0 bridgehead atoms. The van der Waals surface area contributed by atoms with E-state index in [1.807, 2.05) is 0 Å². The van der Waals surface area contributed by atoms with Gasteiger partial charge in [-0.25, -0.2) is 0 Å². The Balaban J connectivity index is 4.36. The molecule has 80 heavy (non-hydrogen) atoms. The molecular weight excluding hydrogens is 985 g/mol. The highest BCUT2D eigenvalue weighted by atomic mass is 16.6. The van der Waals surface area contributed by atoms with Gasteiger partial charge in [0.1, 0.15) is 13.2 Å². The molecule has 0 N–H and O–H groups in total. The van der Waals surface area contributed by atoms with Crippen LogP contribution >= 0.6 is 0 Å². The van der Waals surface area contributed by atoms with Gasteiger partial charge in [0.25, 0.3) is 0 Å². The fourth-order valence-electron chi connectivity index (χ4n) is 8.64. The summed E-state index contributed by atoms with van der Waals surface area (Å²) in [5.74, 6) is -0.933. The summed E-state index contributed by atoms with van der Waals surface area (Å²) in [7, 11) is 0. The number of unbranched alkanes of at least 4 members (excludes halogenated alkanes) is 23. The Hall–Kier alpha value is -4.71. The van der Waals surface area contributed by atoms with Crippen LogP contribution in [0.15, 0.2) is 146 Å². The van der Waals surface area contributed by atoms with Crippen molar-refractivity contribution in [1.82, 2.24) is 0 Å². The first-order chi connectivity index (χ1) is 39.5. The van der Waals surface area contributed by atoms with E-state index < -0.39 is 6.10 Å². The van der Waals surface area contributed by atoms with Gasteiger partial charge in [-0.15, -0.1) is 0 Å². The van der Waals surface area contributed by atoms with Crippen molar-refractivity contribution in [2.45, 2.75) is 290 Å². The average molecular weight is 1110 g/mol. The monoisotopic (exact) mass is 1100 g/mol. The van der Waals surface area contributed by atoms with E-state index in [0.29, 0.717) is 19.3 Å². The third-order valence-corrected chi connectivity index (χ3v) is 13.5.